The molecule has 0 amide bonds. The standard InChI is InChI=1S/C25H28FN5O9P2/c26-25(13-39-18(21(25)33)12-40-42(37,38)15-41(34,35)36)31-14-28-19-22(27-11-16-7-3-1-4-8-16)29-23(30-24(19)31)20(32)17-9-5-2-6-10-17/h1-10,14,18,20-21,32-33H,11-13,15H2,(H,37,38)(H,27,29,30)(H2,34,35,36)/t18-,20?,21-,25-/m1/s1. The highest BCUT2D eigenvalue weighted by Crippen LogP contribution is 2.55. The van der Waals surface area contributed by atoms with Crippen molar-refractivity contribution in [1.82, 2.24) is 19.5 Å². The number of benzene rings is 2. The number of ether oxygens (including phenoxy) is 1. The fourth-order valence-corrected chi connectivity index (χ4v) is 7.07. The SMILES string of the molecule is O=P(O)(O)CP(=O)(O)OC[C@H]1OC[C@@](F)(n2cnc3c(NCc4ccccc4)nc(C(O)c4ccccc4)nc32)[C@@H]1O. The lowest BCUT2D eigenvalue weighted by molar-refractivity contribution is -0.0448. The molecule has 1 aliphatic rings. The van der Waals surface area contributed by atoms with Gasteiger partial charge in [0.25, 0.3) is 0 Å². The van der Waals surface area contributed by atoms with Gasteiger partial charge in [0.1, 0.15) is 24.9 Å². The maximum Gasteiger partial charge on any atom is 0.340 e. The number of nitrogens with one attached hydrogen (secondary N) is 1. The highest BCUT2D eigenvalue weighted by molar-refractivity contribution is 7.70. The number of aliphatic hydroxyl groups is 2. The fourth-order valence-electron chi connectivity index (χ4n) is 4.50. The average molecular weight is 623 g/mol. The smallest absolute Gasteiger partial charge is 0.340 e. The van der Waals surface area contributed by atoms with Gasteiger partial charge in [-0.2, -0.15) is 0 Å². The van der Waals surface area contributed by atoms with Gasteiger partial charge in [0.15, 0.2) is 28.7 Å². The Kier molecular flexibility index (Phi) is 8.59. The average Bonchev–Trinajstić information content (AvgIpc) is 3.51. The molecule has 0 aliphatic carbocycles. The maximum atomic E-state index is 16.5. The van der Waals surface area contributed by atoms with Crippen LogP contribution in [0.4, 0.5) is 10.2 Å². The first-order chi connectivity index (χ1) is 19.9. The third-order valence-electron chi connectivity index (χ3n) is 6.59. The first-order valence-electron chi connectivity index (χ1n) is 12.6. The lowest BCUT2D eigenvalue weighted by atomic mass is 10.1. The van der Waals surface area contributed by atoms with E-state index in [9.17, 15) is 24.2 Å². The second-order valence-electron chi connectivity index (χ2n) is 9.72. The molecule has 0 spiro atoms. The number of rotatable bonds is 11. The van der Waals surface area contributed by atoms with Crippen molar-refractivity contribution >= 4 is 32.2 Å². The number of halogens is 1. The van der Waals surface area contributed by atoms with Gasteiger partial charge in [-0.15, -0.1) is 0 Å². The van der Waals surface area contributed by atoms with Gasteiger partial charge >= 0.3 is 15.2 Å². The minimum Gasteiger partial charge on any atom is -0.385 e. The van der Waals surface area contributed by atoms with Crippen LogP contribution in [0.5, 0.6) is 0 Å². The maximum absolute atomic E-state index is 16.5. The van der Waals surface area contributed by atoms with Crippen molar-refractivity contribution in [1.29, 1.82) is 0 Å². The molecule has 2 unspecified atom stereocenters. The molecule has 224 valence electrons. The largest absolute Gasteiger partial charge is 0.385 e. The van der Waals surface area contributed by atoms with Gasteiger partial charge in [-0.25, -0.2) is 19.3 Å². The van der Waals surface area contributed by atoms with Gasteiger partial charge in [-0.05, 0) is 11.1 Å². The van der Waals surface area contributed by atoms with Crippen LogP contribution >= 0.6 is 15.2 Å². The molecule has 17 heteroatoms. The number of fused-ring (bicyclic) bond motifs is 1. The molecule has 1 fully saturated rings. The lowest BCUT2D eigenvalue weighted by Crippen LogP contribution is -2.43. The van der Waals surface area contributed by atoms with E-state index in [1.54, 1.807) is 30.3 Å². The van der Waals surface area contributed by atoms with Crippen molar-refractivity contribution in [2.45, 2.75) is 30.6 Å². The van der Waals surface area contributed by atoms with Gasteiger partial charge in [0.2, 0.25) is 5.79 Å². The van der Waals surface area contributed by atoms with E-state index in [-0.39, 0.29) is 22.8 Å². The molecule has 2 aromatic carbocycles. The monoisotopic (exact) mass is 623 g/mol. The summed E-state index contributed by atoms with van der Waals surface area (Å²) in [6, 6.07) is 18.0. The van der Waals surface area contributed by atoms with Crippen molar-refractivity contribution in [3.05, 3.63) is 83.9 Å². The van der Waals surface area contributed by atoms with Gasteiger partial charge < -0.3 is 39.5 Å². The van der Waals surface area contributed by atoms with Crippen LogP contribution in [0.25, 0.3) is 11.2 Å². The Balaban J connectivity index is 1.47. The number of hydrogen-bond donors (Lipinski definition) is 6. The number of aliphatic hydroxyl groups excluding tert-OH is 2. The molecule has 4 aromatic rings. The third kappa shape index (κ3) is 6.60. The molecule has 1 aliphatic heterocycles. The molecule has 0 bridgehead atoms. The second kappa shape index (κ2) is 11.9. The van der Waals surface area contributed by atoms with Crippen LogP contribution < -0.4 is 5.32 Å². The second-order valence-corrected chi connectivity index (χ2v) is 13.7. The summed E-state index contributed by atoms with van der Waals surface area (Å²) in [6.45, 7) is -1.25. The molecule has 6 N–H and O–H groups in total. The summed E-state index contributed by atoms with van der Waals surface area (Å²) in [7, 11) is -9.66. The summed E-state index contributed by atoms with van der Waals surface area (Å²) in [4.78, 5) is 40.8. The van der Waals surface area contributed by atoms with Gasteiger partial charge in [0.05, 0.1) is 12.9 Å². The number of anilines is 1. The summed E-state index contributed by atoms with van der Waals surface area (Å²) in [6.07, 6.45) is -3.64. The van der Waals surface area contributed by atoms with Crippen LogP contribution in [0.1, 0.15) is 23.1 Å². The van der Waals surface area contributed by atoms with Crippen LogP contribution in [-0.4, -0.2) is 75.7 Å². The highest BCUT2D eigenvalue weighted by Gasteiger charge is 2.53. The Bertz CT molecular complexity index is 1640. The van der Waals surface area contributed by atoms with E-state index in [1.165, 1.54) is 0 Å². The van der Waals surface area contributed by atoms with Crippen LogP contribution in [-0.2, 0) is 30.7 Å². The summed E-state index contributed by atoms with van der Waals surface area (Å²) in [5.41, 5.74) is 1.46. The zero-order chi connectivity index (χ0) is 30.1. The molecule has 0 radical (unpaired) electrons. The molecule has 42 heavy (non-hydrogen) atoms. The number of imidazole rings is 1. The molecule has 14 nitrogen and oxygen atoms in total. The molecule has 0 saturated carbocycles. The van der Waals surface area contributed by atoms with Crippen LogP contribution in [0.3, 0.4) is 0 Å². The molecule has 1 saturated heterocycles. The predicted octanol–water partition coefficient (Wildman–Crippen LogP) is 2.24. The zero-order valence-corrected chi connectivity index (χ0v) is 23.6. The minimum absolute atomic E-state index is 0.0680. The Labute approximate surface area is 238 Å². The van der Waals surface area contributed by atoms with Crippen molar-refractivity contribution in [2.24, 2.45) is 0 Å². The number of alkyl halides is 1. The normalized spacial score (nSPS) is 23.1. The zero-order valence-electron chi connectivity index (χ0n) is 21.8. The topological polar surface area (TPSA) is 209 Å². The number of hydrogen-bond acceptors (Lipinski definition) is 10. The van der Waals surface area contributed by atoms with E-state index in [4.69, 9.17) is 19.0 Å². The van der Waals surface area contributed by atoms with Crippen LogP contribution in [0.15, 0.2) is 67.0 Å². The van der Waals surface area contributed by atoms with E-state index in [0.29, 0.717) is 12.1 Å². The quantitative estimate of drug-likeness (QED) is 0.133. The summed E-state index contributed by atoms with van der Waals surface area (Å²) in [5.74, 6) is -4.01. The molecule has 5 atom stereocenters. The first-order valence-corrected chi connectivity index (χ1v) is 16.2. The molecule has 5 rings (SSSR count). The summed E-state index contributed by atoms with van der Waals surface area (Å²) >= 11 is 0. The highest BCUT2D eigenvalue weighted by atomic mass is 31.2. The number of nitrogens with zero attached hydrogens (tertiary/aromatic N) is 4. The van der Waals surface area contributed by atoms with Crippen LogP contribution in [0, 0.1) is 0 Å². The first kappa shape index (κ1) is 30.4. The van der Waals surface area contributed by atoms with Crippen molar-refractivity contribution in [3.63, 3.8) is 0 Å². The van der Waals surface area contributed by atoms with E-state index < -0.39 is 58.4 Å². The summed E-state index contributed by atoms with van der Waals surface area (Å²) in [5, 5.41) is 25.1. The van der Waals surface area contributed by atoms with Gasteiger partial charge in [-0.1, -0.05) is 60.7 Å². The van der Waals surface area contributed by atoms with E-state index in [1.807, 2.05) is 30.3 Å². The third-order valence-corrected chi connectivity index (χ3v) is 10.0. The minimum atomic E-state index is -4.89. The lowest BCUT2D eigenvalue weighted by Gasteiger charge is -2.26. The molecular weight excluding hydrogens is 595 g/mol. The van der Waals surface area contributed by atoms with E-state index in [2.05, 4.69) is 20.3 Å². The summed E-state index contributed by atoms with van der Waals surface area (Å²) < 4.78 is 50.6. The molecule has 3 heterocycles. The Morgan fingerprint density at radius 3 is 2.43 bits per heavy atom. The van der Waals surface area contributed by atoms with Crippen LogP contribution in [0.2, 0.25) is 0 Å². The number of aromatic nitrogens is 4. The van der Waals surface area contributed by atoms with Gasteiger partial charge in [0, 0.05) is 6.54 Å². The molecular formula is C25H28FN5O9P2. The Morgan fingerprint density at radius 2 is 1.76 bits per heavy atom. The Hall–Kier alpha value is -3.10. The predicted molar refractivity (Wildman–Crippen MR) is 147 cm³/mol. The van der Waals surface area contributed by atoms with Crippen molar-refractivity contribution < 1.29 is 47.7 Å². The van der Waals surface area contributed by atoms with E-state index in [0.717, 1.165) is 16.5 Å². The van der Waals surface area contributed by atoms with Crippen molar-refractivity contribution in [3.8, 4) is 0 Å². The van der Waals surface area contributed by atoms with E-state index >= 15 is 4.39 Å². The van der Waals surface area contributed by atoms with Gasteiger partial charge in [-0.3, -0.25) is 13.7 Å². The Morgan fingerprint density at radius 1 is 1.10 bits per heavy atom. The van der Waals surface area contributed by atoms with Crippen molar-refractivity contribution in [2.75, 3.05) is 24.4 Å². The molecule has 2 aromatic heterocycles. The fraction of sp³-hybridized carbons (Fsp3) is 0.320.